The van der Waals surface area contributed by atoms with Gasteiger partial charge in [0.05, 0.1) is 22.7 Å². The van der Waals surface area contributed by atoms with Crippen molar-refractivity contribution in [3.05, 3.63) is 59.4 Å². The number of benzene rings is 2. The monoisotopic (exact) mass is 455 g/mol. The molecule has 3 aromatic rings. The predicted octanol–water partition coefficient (Wildman–Crippen LogP) is 5.77. The number of nitriles is 1. The number of rotatable bonds is 5. The second kappa shape index (κ2) is 8.43. The minimum Gasteiger partial charge on any atom is -0.294 e. The molecule has 9 heteroatoms. The average molecular weight is 455 g/mol. The second-order valence-corrected chi connectivity index (χ2v) is 9.60. The molecule has 0 bridgehead atoms. The third-order valence-corrected chi connectivity index (χ3v) is 5.08. The number of carbonyl (C=O) groups is 1. The lowest BCUT2D eigenvalue weighted by molar-refractivity contribution is -0.137. The highest BCUT2D eigenvalue weighted by atomic mass is 19.4. The molecule has 0 N–H and O–H groups in total. The first-order chi connectivity index (χ1) is 15.2. The summed E-state index contributed by atoms with van der Waals surface area (Å²) in [6.07, 6.45) is -4.46. The van der Waals surface area contributed by atoms with Crippen molar-refractivity contribution in [1.82, 2.24) is 20.2 Å². The summed E-state index contributed by atoms with van der Waals surface area (Å²) in [5.74, 6) is 0.296. The topological polar surface area (TPSA) is 84.5 Å². The van der Waals surface area contributed by atoms with E-state index in [9.17, 15) is 23.2 Å². The highest BCUT2D eigenvalue weighted by Gasteiger charge is 2.30. The lowest BCUT2D eigenvalue weighted by atomic mass is 9.86. The summed E-state index contributed by atoms with van der Waals surface area (Å²) in [5, 5.41) is 21.3. The van der Waals surface area contributed by atoms with Gasteiger partial charge in [0.1, 0.15) is 0 Å². The first kappa shape index (κ1) is 24.1. The number of aromatic nitrogens is 4. The smallest absolute Gasteiger partial charge is 0.294 e. The second-order valence-electron chi connectivity index (χ2n) is 9.60. The summed E-state index contributed by atoms with van der Waals surface area (Å²) in [5.41, 5.74) is -0.168. The van der Waals surface area contributed by atoms with Gasteiger partial charge in [-0.2, -0.15) is 23.1 Å². The minimum atomic E-state index is -4.45. The lowest BCUT2D eigenvalue weighted by Gasteiger charge is -2.19. The van der Waals surface area contributed by atoms with Crippen molar-refractivity contribution in [2.75, 3.05) is 0 Å². The molecule has 3 rings (SSSR count). The van der Waals surface area contributed by atoms with Gasteiger partial charge >= 0.3 is 6.18 Å². The fraction of sp³-hybridized carbons (Fsp3) is 0.375. The molecule has 172 valence electrons. The third kappa shape index (κ3) is 5.45. The Hall–Kier alpha value is -3.54. The van der Waals surface area contributed by atoms with Crippen LogP contribution in [0.4, 0.5) is 13.2 Å². The molecule has 6 nitrogen and oxygen atoms in total. The van der Waals surface area contributed by atoms with E-state index < -0.39 is 22.6 Å². The average Bonchev–Trinajstić information content (AvgIpc) is 3.23. The molecule has 1 aromatic heterocycles. The summed E-state index contributed by atoms with van der Waals surface area (Å²) in [6, 6.07) is 11.8. The molecule has 0 aliphatic rings. The van der Waals surface area contributed by atoms with Crippen LogP contribution in [0.25, 0.3) is 16.8 Å². The van der Waals surface area contributed by atoms with E-state index in [1.54, 1.807) is 32.0 Å². The maximum absolute atomic E-state index is 13.0. The number of tetrazole rings is 1. The Labute approximate surface area is 190 Å². The maximum atomic E-state index is 13.0. The SMILES string of the molecule is CC(C)(C#N)CC(=O)c1cc(-c2ccc(C(F)(F)F)cc2)cc(-n2nnnc2C(C)(C)C)c1. The van der Waals surface area contributed by atoms with Crippen molar-refractivity contribution in [3.8, 4) is 22.9 Å². The van der Waals surface area contributed by atoms with Gasteiger partial charge in [0.2, 0.25) is 0 Å². The lowest BCUT2D eigenvalue weighted by Crippen LogP contribution is -2.19. The summed E-state index contributed by atoms with van der Waals surface area (Å²) < 4.78 is 40.5. The number of halogens is 3. The fourth-order valence-electron chi connectivity index (χ4n) is 3.28. The third-order valence-electron chi connectivity index (χ3n) is 5.08. The van der Waals surface area contributed by atoms with E-state index in [2.05, 4.69) is 21.6 Å². The number of Topliss-reactive ketones (excluding diaryl/α,β-unsaturated/α-hetero) is 1. The van der Waals surface area contributed by atoms with Gasteiger partial charge < -0.3 is 0 Å². The van der Waals surface area contributed by atoms with Crippen molar-refractivity contribution in [1.29, 1.82) is 5.26 Å². The Morgan fingerprint density at radius 3 is 2.18 bits per heavy atom. The number of hydrogen-bond donors (Lipinski definition) is 0. The molecule has 33 heavy (non-hydrogen) atoms. The Bertz CT molecular complexity index is 1210. The maximum Gasteiger partial charge on any atom is 0.416 e. The van der Waals surface area contributed by atoms with Crippen LogP contribution in [0.15, 0.2) is 42.5 Å². The molecule has 0 saturated carbocycles. The summed E-state index contributed by atoms with van der Waals surface area (Å²) in [4.78, 5) is 13.0. The molecule has 0 atom stereocenters. The first-order valence-corrected chi connectivity index (χ1v) is 10.3. The van der Waals surface area contributed by atoms with Crippen molar-refractivity contribution in [2.24, 2.45) is 5.41 Å². The molecular weight excluding hydrogens is 431 g/mol. The molecule has 2 aromatic carbocycles. The number of ketones is 1. The Kier molecular flexibility index (Phi) is 6.16. The fourth-order valence-corrected chi connectivity index (χ4v) is 3.28. The van der Waals surface area contributed by atoms with Crippen LogP contribution in [-0.4, -0.2) is 26.0 Å². The normalized spacial score (nSPS) is 12.5. The van der Waals surface area contributed by atoms with Gasteiger partial charge in [-0.1, -0.05) is 32.9 Å². The van der Waals surface area contributed by atoms with Gasteiger partial charge in [0, 0.05) is 17.4 Å². The van der Waals surface area contributed by atoms with E-state index in [1.807, 2.05) is 20.8 Å². The largest absolute Gasteiger partial charge is 0.416 e. The zero-order valence-corrected chi connectivity index (χ0v) is 19.0. The number of carbonyl (C=O) groups excluding carboxylic acids is 1. The van der Waals surface area contributed by atoms with Crippen molar-refractivity contribution < 1.29 is 18.0 Å². The van der Waals surface area contributed by atoms with Crippen LogP contribution in [0.5, 0.6) is 0 Å². The molecular formula is C24H24F3N5O. The van der Waals surface area contributed by atoms with Gasteiger partial charge in [0.25, 0.3) is 0 Å². The summed E-state index contributed by atoms with van der Waals surface area (Å²) in [7, 11) is 0. The van der Waals surface area contributed by atoms with Gasteiger partial charge in [-0.3, -0.25) is 4.79 Å². The highest BCUT2D eigenvalue weighted by Crippen LogP contribution is 2.33. The van der Waals surface area contributed by atoms with E-state index in [0.717, 1.165) is 12.1 Å². The molecule has 1 heterocycles. The molecule has 0 saturated heterocycles. The van der Waals surface area contributed by atoms with Gasteiger partial charge in [-0.25, -0.2) is 0 Å². The van der Waals surface area contributed by atoms with Gasteiger partial charge in [-0.05, 0) is 65.7 Å². The van der Waals surface area contributed by atoms with E-state index in [-0.39, 0.29) is 12.2 Å². The van der Waals surface area contributed by atoms with Crippen LogP contribution < -0.4 is 0 Å². The van der Waals surface area contributed by atoms with Crippen LogP contribution in [0.2, 0.25) is 0 Å². The van der Waals surface area contributed by atoms with Crippen molar-refractivity contribution in [3.63, 3.8) is 0 Å². The van der Waals surface area contributed by atoms with E-state index in [0.29, 0.717) is 28.2 Å². The van der Waals surface area contributed by atoms with Crippen LogP contribution in [0, 0.1) is 16.7 Å². The molecule has 0 unspecified atom stereocenters. The zero-order chi connectivity index (χ0) is 24.6. The predicted molar refractivity (Wildman–Crippen MR) is 117 cm³/mol. The van der Waals surface area contributed by atoms with Crippen molar-refractivity contribution >= 4 is 5.78 Å². The van der Waals surface area contributed by atoms with Crippen molar-refractivity contribution in [2.45, 2.75) is 52.6 Å². The van der Waals surface area contributed by atoms with Crippen LogP contribution in [0.3, 0.4) is 0 Å². The van der Waals surface area contributed by atoms with E-state index in [4.69, 9.17) is 0 Å². The van der Waals surface area contributed by atoms with Gasteiger partial charge in [-0.15, -0.1) is 5.10 Å². The Morgan fingerprint density at radius 1 is 1.00 bits per heavy atom. The number of nitrogens with zero attached hydrogens (tertiary/aromatic N) is 5. The Balaban J connectivity index is 2.16. The molecule has 0 fully saturated rings. The van der Waals surface area contributed by atoms with Crippen LogP contribution in [-0.2, 0) is 11.6 Å². The quantitative estimate of drug-likeness (QED) is 0.456. The molecule has 0 aliphatic carbocycles. The standard InChI is InChI=1S/C24H24F3N5O/c1-22(2,3)21-29-30-31-32(21)19-11-16(15-6-8-18(9-7-15)24(25,26)27)10-17(12-19)20(33)13-23(4,5)14-28/h6-12H,13H2,1-5H3. The Morgan fingerprint density at radius 2 is 1.64 bits per heavy atom. The summed E-state index contributed by atoms with van der Waals surface area (Å²) in [6.45, 7) is 9.17. The number of alkyl halides is 3. The first-order valence-electron chi connectivity index (χ1n) is 10.3. The molecule has 0 spiro atoms. The van der Waals surface area contributed by atoms with Crippen LogP contribution in [0.1, 0.15) is 62.8 Å². The minimum absolute atomic E-state index is 0.0128. The molecule has 0 radical (unpaired) electrons. The summed E-state index contributed by atoms with van der Waals surface area (Å²) >= 11 is 0. The van der Waals surface area contributed by atoms with E-state index in [1.165, 1.54) is 16.8 Å². The van der Waals surface area contributed by atoms with Gasteiger partial charge in [0.15, 0.2) is 11.6 Å². The van der Waals surface area contributed by atoms with E-state index >= 15 is 0 Å². The highest BCUT2D eigenvalue weighted by molar-refractivity contribution is 5.98. The number of hydrogen-bond acceptors (Lipinski definition) is 5. The molecule has 0 aliphatic heterocycles. The molecule has 0 amide bonds. The van der Waals surface area contributed by atoms with Crippen LogP contribution >= 0.6 is 0 Å². The zero-order valence-electron chi connectivity index (χ0n) is 19.0.